The number of H-pyrrole nitrogens is 1. The number of hydrogen-bond donors (Lipinski definition) is 1. The van der Waals surface area contributed by atoms with Gasteiger partial charge in [-0.3, -0.25) is 0 Å². The maximum atomic E-state index is 13.3. The lowest BCUT2D eigenvalue weighted by Crippen LogP contribution is -2.38. The standard InChI is InChI=1S/C15H18FN3S/c16-10-3-4-14-13(8-10)17-15(20)19(14)12-5-7-18-6-1-2-11(18)9-12/h3-4,8,11-12H,1-2,5-7,9H2,(H,17,20). The largest absolute Gasteiger partial charge is 0.330 e. The third-order valence-electron chi connectivity index (χ3n) is 4.84. The molecule has 106 valence electrons. The molecule has 0 aliphatic carbocycles. The summed E-state index contributed by atoms with van der Waals surface area (Å²) in [5, 5.41) is 0. The molecule has 2 atom stereocenters. The van der Waals surface area contributed by atoms with Crippen molar-refractivity contribution in [3.8, 4) is 0 Å². The van der Waals surface area contributed by atoms with E-state index in [1.807, 2.05) is 6.07 Å². The monoisotopic (exact) mass is 291 g/mol. The van der Waals surface area contributed by atoms with Gasteiger partial charge in [-0.15, -0.1) is 0 Å². The van der Waals surface area contributed by atoms with E-state index in [4.69, 9.17) is 12.2 Å². The van der Waals surface area contributed by atoms with Gasteiger partial charge in [-0.05, 0) is 62.6 Å². The van der Waals surface area contributed by atoms with Gasteiger partial charge in [0, 0.05) is 18.6 Å². The number of nitrogens with one attached hydrogen (secondary N) is 1. The number of nitrogens with zero attached hydrogens (tertiary/aromatic N) is 2. The highest BCUT2D eigenvalue weighted by atomic mass is 32.1. The highest BCUT2D eigenvalue weighted by Gasteiger charge is 2.33. The first-order chi connectivity index (χ1) is 9.72. The third kappa shape index (κ3) is 1.91. The van der Waals surface area contributed by atoms with E-state index in [1.54, 1.807) is 0 Å². The lowest BCUT2D eigenvalue weighted by molar-refractivity contribution is 0.156. The predicted octanol–water partition coefficient (Wildman–Crippen LogP) is 3.64. The Bertz CT molecular complexity index is 705. The molecule has 2 aromatic rings. The summed E-state index contributed by atoms with van der Waals surface area (Å²) in [6, 6.07) is 6.05. The number of hydrogen-bond acceptors (Lipinski definition) is 2. The van der Waals surface area contributed by atoms with Crippen molar-refractivity contribution < 1.29 is 4.39 Å². The van der Waals surface area contributed by atoms with E-state index < -0.39 is 0 Å². The average molecular weight is 291 g/mol. The summed E-state index contributed by atoms with van der Waals surface area (Å²) in [4.78, 5) is 5.75. The van der Waals surface area contributed by atoms with E-state index in [2.05, 4.69) is 14.5 Å². The van der Waals surface area contributed by atoms with Gasteiger partial charge in [-0.2, -0.15) is 0 Å². The molecule has 2 fully saturated rings. The zero-order valence-corrected chi connectivity index (χ0v) is 12.1. The van der Waals surface area contributed by atoms with Crippen molar-refractivity contribution in [1.29, 1.82) is 0 Å². The smallest absolute Gasteiger partial charge is 0.178 e. The fourth-order valence-electron chi connectivity index (χ4n) is 3.90. The molecule has 0 bridgehead atoms. The van der Waals surface area contributed by atoms with Crippen LogP contribution in [-0.2, 0) is 0 Å². The SMILES string of the molecule is Fc1ccc2c(c1)[nH]c(=S)n2C1CCN2CCCC2C1. The first-order valence-electron chi connectivity index (χ1n) is 7.36. The van der Waals surface area contributed by atoms with Gasteiger partial charge in [0.25, 0.3) is 0 Å². The summed E-state index contributed by atoms with van der Waals surface area (Å²) >= 11 is 5.47. The lowest BCUT2D eigenvalue weighted by Gasteiger charge is -2.35. The van der Waals surface area contributed by atoms with Gasteiger partial charge in [-0.1, -0.05) is 0 Å². The normalized spacial score (nSPS) is 27.1. The van der Waals surface area contributed by atoms with E-state index in [0.29, 0.717) is 12.1 Å². The number of fused-ring (bicyclic) bond motifs is 2. The molecular formula is C15H18FN3S. The average Bonchev–Trinajstić information content (AvgIpc) is 3.00. The maximum absolute atomic E-state index is 13.3. The molecule has 3 heterocycles. The van der Waals surface area contributed by atoms with Gasteiger partial charge in [0.05, 0.1) is 11.0 Å². The summed E-state index contributed by atoms with van der Waals surface area (Å²) in [7, 11) is 0. The lowest BCUT2D eigenvalue weighted by atomic mass is 9.97. The Labute approximate surface area is 122 Å². The van der Waals surface area contributed by atoms with Crippen LogP contribution in [0.25, 0.3) is 11.0 Å². The van der Waals surface area contributed by atoms with Crippen LogP contribution in [0.1, 0.15) is 31.7 Å². The van der Waals surface area contributed by atoms with Crippen molar-refractivity contribution in [2.24, 2.45) is 0 Å². The molecule has 1 aromatic carbocycles. The number of piperidine rings is 1. The Balaban J connectivity index is 1.74. The van der Waals surface area contributed by atoms with E-state index in [1.165, 1.54) is 37.9 Å². The first kappa shape index (κ1) is 12.5. The predicted molar refractivity (Wildman–Crippen MR) is 79.9 cm³/mol. The van der Waals surface area contributed by atoms with Gasteiger partial charge in [-0.25, -0.2) is 4.39 Å². The minimum Gasteiger partial charge on any atom is -0.330 e. The van der Waals surface area contributed by atoms with Crippen LogP contribution in [0.15, 0.2) is 18.2 Å². The number of aromatic nitrogens is 2. The van der Waals surface area contributed by atoms with Crippen LogP contribution in [0.5, 0.6) is 0 Å². The zero-order valence-electron chi connectivity index (χ0n) is 11.3. The number of halogens is 1. The van der Waals surface area contributed by atoms with Gasteiger partial charge in [0.15, 0.2) is 4.77 Å². The van der Waals surface area contributed by atoms with Crippen molar-refractivity contribution >= 4 is 23.3 Å². The fraction of sp³-hybridized carbons (Fsp3) is 0.533. The molecule has 20 heavy (non-hydrogen) atoms. The van der Waals surface area contributed by atoms with Crippen LogP contribution >= 0.6 is 12.2 Å². The molecule has 3 nitrogen and oxygen atoms in total. The Kier molecular flexibility index (Phi) is 2.93. The topological polar surface area (TPSA) is 24.0 Å². The van der Waals surface area contributed by atoms with Crippen LogP contribution in [0.3, 0.4) is 0 Å². The molecule has 2 aliphatic heterocycles. The maximum Gasteiger partial charge on any atom is 0.178 e. The number of rotatable bonds is 1. The second-order valence-corrected chi connectivity index (χ2v) is 6.36. The van der Waals surface area contributed by atoms with Gasteiger partial charge in [0.2, 0.25) is 0 Å². The molecule has 2 saturated heterocycles. The molecule has 0 radical (unpaired) electrons. The van der Waals surface area contributed by atoms with Gasteiger partial charge in [0.1, 0.15) is 5.82 Å². The second-order valence-electron chi connectivity index (χ2n) is 5.97. The third-order valence-corrected chi connectivity index (χ3v) is 5.14. The van der Waals surface area contributed by atoms with Crippen LogP contribution in [0.2, 0.25) is 0 Å². The number of imidazole rings is 1. The summed E-state index contributed by atoms with van der Waals surface area (Å²) in [5.74, 6) is -0.216. The Morgan fingerprint density at radius 3 is 3.00 bits per heavy atom. The van der Waals surface area contributed by atoms with Crippen molar-refractivity contribution in [3.63, 3.8) is 0 Å². The van der Waals surface area contributed by atoms with Crippen LogP contribution in [0, 0.1) is 10.6 Å². The molecule has 0 spiro atoms. The van der Waals surface area contributed by atoms with Crippen molar-refractivity contribution in [2.45, 2.75) is 37.8 Å². The summed E-state index contributed by atoms with van der Waals surface area (Å²) in [5.41, 5.74) is 1.84. The van der Waals surface area contributed by atoms with Crippen LogP contribution in [0.4, 0.5) is 4.39 Å². The van der Waals surface area contributed by atoms with Gasteiger partial charge >= 0.3 is 0 Å². The highest BCUT2D eigenvalue weighted by molar-refractivity contribution is 7.71. The molecule has 4 rings (SSSR count). The fourth-order valence-corrected chi connectivity index (χ4v) is 4.26. The van der Waals surface area contributed by atoms with Crippen LogP contribution < -0.4 is 0 Å². The zero-order chi connectivity index (χ0) is 13.7. The highest BCUT2D eigenvalue weighted by Crippen LogP contribution is 2.35. The van der Waals surface area contributed by atoms with Crippen molar-refractivity contribution in [2.75, 3.05) is 13.1 Å². The summed E-state index contributed by atoms with van der Waals surface area (Å²) in [6.45, 7) is 2.41. The van der Waals surface area contributed by atoms with Crippen molar-refractivity contribution in [3.05, 3.63) is 28.8 Å². The Morgan fingerprint density at radius 2 is 2.10 bits per heavy atom. The molecule has 0 amide bonds. The van der Waals surface area contributed by atoms with Crippen LogP contribution in [-0.4, -0.2) is 33.6 Å². The molecule has 0 saturated carbocycles. The van der Waals surface area contributed by atoms with E-state index in [0.717, 1.165) is 28.8 Å². The summed E-state index contributed by atoms with van der Waals surface area (Å²) < 4.78 is 16.3. The molecule has 5 heteroatoms. The summed E-state index contributed by atoms with van der Waals surface area (Å²) in [6.07, 6.45) is 4.93. The minimum atomic E-state index is -0.216. The number of benzene rings is 1. The second kappa shape index (κ2) is 4.67. The van der Waals surface area contributed by atoms with E-state index in [9.17, 15) is 4.39 Å². The molecule has 1 aromatic heterocycles. The minimum absolute atomic E-state index is 0.216. The quantitative estimate of drug-likeness (QED) is 0.811. The molecular weight excluding hydrogens is 273 g/mol. The Morgan fingerprint density at radius 1 is 1.20 bits per heavy atom. The Hall–Kier alpha value is -1.20. The number of aromatic amines is 1. The van der Waals surface area contributed by atoms with Gasteiger partial charge < -0.3 is 14.5 Å². The van der Waals surface area contributed by atoms with E-state index in [-0.39, 0.29) is 5.82 Å². The van der Waals surface area contributed by atoms with E-state index >= 15 is 0 Å². The molecule has 2 aliphatic rings. The van der Waals surface area contributed by atoms with Crippen molar-refractivity contribution in [1.82, 2.24) is 14.5 Å². The molecule has 2 unspecified atom stereocenters. The molecule has 1 N–H and O–H groups in total. The first-order valence-corrected chi connectivity index (χ1v) is 7.77.